The van der Waals surface area contributed by atoms with Crippen molar-refractivity contribution in [3.8, 4) is 33.8 Å². The molecule has 0 saturated carbocycles. The summed E-state index contributed by atoms with van der Waals surface area (Å²) >= 11 is 0. The molecule has 0 spiro atoms. The van der Waals surface area contributed by atoms with Gasteiger partial charge in [-0.15, -0.1) is 0 Å². The van der Waals surface area contributed by atoms with E-state index in [2.05, 4.69) is 35.5 Å². The van der Waals surface area contributed by atoms with Crippen molar-refractivity contribution in [2.75, 3.05) is 5.32 Å². The maximum absolute atomic E-state index is 14.6. The van der Waals surface area contributed by atoms with Crippen LogP contribution in [0.4, 0.5) is 14.5 Å². The maximum Gasteiger partial charge on any atom is 0.224 e. The largest absolute Gasteiger partial charge is 0.335 e. The van der Waals surface area contributed by atoms with E-state index >= 15 is 0 Å². The quantitative estimate of drug-likeness (QED) is 0.231. The monoisotopic (exact) mass is 523 g/mol. The summed E-state index contributed by atoms with van der Waals surface area (Å²) < 4.78 is 29.1. The van der Waals surface area contributed by atoms with E-state index < -0.39 is 11.6 Å². The number of nitrogens with zero attached hydrogens (tertiary/aromatic N) is 4. The van der Waals surface area contributed by atoms with Crippen LogP contribution in [-0.2, 0) is 4.79 Å². The normalized spacial score (nSPS) is 11.5. The number of hydrogen-bond acceptors (Lipinski definition) is 5. The summed E-state index contributed by atoms with van der Waals surface area (Å²) in [6.07, 6.45) is 6.71. The van der Waals surface area contributed by atoms with Gasteiger partial charge in [-0.2, -0.15) is 5.10 Å². The van der Waals surface area contributed by atoms with Gasteiger partial charge in [0.25, 0.3) is 0 Å². The number of halogens is 2. The molecule has 39 heavy (non-hydrogen) atoms. The first-order chi connectivity index (χ1) is 18.9. The van der Waals surface area contributed by atoms with E-state index in [1.165, 1.54) is 24.4 Å². The molecule has 0 aliphatic rings. The number of pyridine rings is 2. The van der Waals surface area contributed by atoms with Gasteiger partial charge in [0.1, 0.15) is 22.8 Å². The smallest absolute Gasteiger partial charge is 0.224 e. The highest BCUT2D eigenvalue weighted by molar-refractivity contribution is 5.98. The van der Waals surface area contributed by atoms with Gasteiger partial charge in [0.15, 0.2) is 5.82 Å². The van der Waals surface area contributed by atoms with Crippen molar-refractivity contribution in [2.24, 2.45) is 5.92 Å². The summed E-state index contributed by atoms with van der Waals surface area (Å²) in [6, 6.07) is 11.4. The number of aromatic amines is 2. The molecule has 3 N–H and O–H groups in total. The first-order valence-corrected chi connectivity index (χ1v) is 12.4. The number of carbonyl (C=O) groups is 1. The summed E-state index contributed by atoms with van der Waals surface area (Å²) in [6.45, 7) is 3.98. The Morgan fingerprint density at radius 3 is 2.54 bits per heavy atom. The number of anilines is 1. The van der Waals surface area contributed by atoms with Gasteiger partial charge in [-0.1, -0.05) is 26.0 Å². The summed E-state index contributed by atoms with van der Waals surface area (Å²) in [5, 5.41) is 11.2. The number of carbonyl (C=O) groups excluding carboxylic acids is 1. The number of nitrogens with one attached hydrogen (secondary N) is 3. The molecule has 0 bridgehead atoms. The summed E-state index contributed by atoms with van der Waals surface area (Å²) in [5.41, 5.74) is 4.57. The topological polar surface area (TPSA) is 112 Å². The molecule has 0 radical (unpaired) electrons. The van der Waals surface area contributed by atoms with E-state index in [0.29, 0.717) is 34.7 Å². The maximum atomic E-state index is 14.6. The number of rotatable bonds is 6. The molecular weight excluding hydrogens is 500 g/mol. The fourth-order valence-electron chi connectivity index (χ4n) is 4.61. The Bertz CT molecular complexity index is 1840. The molecule has 0 atom stereocenters. The number of H-pyrrole nitrogens is 2. The second-order valence-corrected chi connectivity index (χ2v) is 9.71. The average Bonchev–Trinajstić information content (AvgIpc) is 3.52. The lowest BCUT2D eigenvalue weighted by atomic mass is 10.0. The van der Waals surface area contributed by atoms with Crippen molar-refractivity contribution >= 4 is 33.5 Å². The molecular formula is C29H23F2N7O. The van der Waals surface area contributed by atoms with Gasteiger partial charge in [0.2, 0.25) is 5.91 Å². The Hall–Kier alpha value is -4.99. The number of hydrogen-bond donors (Lipinski definition) is 3. The lowest BCUT2D eigenvalue weighted by molar-refractivity contribution is -0.116. The molecule has 4 heterocycles. The highest BCUT2D eigenvalue weighted by Gasteiger charge is 2.19. The predicted molar refractivity (Wildman–Crippen MR) is 146 cm³/mol. The minimum absolute atomic E-state index is 0.0643. The number of aromatic nitrogens is 6. The van der Waals surface area contributed by atoms with Gasteiger partial charge in [-0.25, -0.2) is 13.8 Å². The minimum atomic E-state index is -0.694. The second kappa shape index (κ2) is 9.71. The molecule has 0 fully saturated rings. The fraction of sp³-hybridized carbons (Fsp3) is 0.138. The van der Waals surface area contributed by atoms with Gasteiger partial charge in [0.05, 0.1) is 34.7 Å². The van der Waals surface area contributed by atoms with E-state index in [4.69, 9.17) is 0 Å². The molecule has 0 saturated heterocycles. The molecule has 2 aromatic carbocycles. The summed E-state index contributed by atoms with van der Waals surface area (Å²) in [7, 11) is 0. The van der Waals surface area contributed by atoms with E-state index in [1.54, 1.807) is 18.6 Å². The lowest BCUT2D eigenvalue weighted by Crippen LogP contribution is -2.13. The zero-order valence-electron chi connectivity index (χ0n) is 21.1. The number of benzene rings is 2. The van der Waals surface area contributed by atoms with Crippen molar-refractivity contribution in [3.05, 3.63) is 78.9 Å². The summed E-state index contributed by atoms with van der Waals surface area (Å²) in [5.74, 6) is -0.781. The second-order valence-electron chi connectivity index (χ2n) is 9.71. The van der Waals surface area contributed by atoms with Crippen LogP contribution in [0.15, 0.2) is 67.3 Å². The third kappa shape index (κ3) is 4.61. The third-order valence-corrected chi connectivity index (χ3v) is 6.36. The Balaban J connectivity index is 1.40. The van der Waals surface area contributed by atoms with Crippen LogP contribution in [0.25, 0.3) is 55.7 Å². The first-order valence-electron chi connectivity index (χ1n) is 12.4. The van der Waals surface area contributed by atoms with Crippen LogP contribution < -0.4 is 5.32 Å². The highest BCUT2D eigenvalue weighted by atomic mass is 19.1. The van der Waals surface area contributed by atoms with Crippen LogP contribution in [0, 0.1) is 17.6 Å². The Labute approximate surface area is 221 Å². The summed E-state index contributed by atoms with van der Waals surface area (Å²) in [4.78, 5) is 28.5. The van der Waals surface area contributed by atoms with Crippen LogP contribution in [0.2, 0.25) is 0 Å². The molecule has 8 nitrogen and oxygen atoms in total. The van der Waals surface area contributed by atoms with Crippen molar-refractivity contribution in [3.63, 3.8) is 0 Å². The molecule has 1 amide bonds. The van der Waals surface area contributed by atoms with Gasteiger partial charge in [0, 0.05) is 35.3 Å². The van der Waals surface area contributed by atoms with E-state index in [1.807, 2.05) is 38.1 Å². The van der Waals surface area contributed by atoms with Crippen molar-refractivity contribution in [1.82, 2.24) is 30.1 Å². The fourth-order valence-corrected chi connectivity index (χ4v) is 4.61. The van der Waals surface area contributed by atoms with E-state index in [0.717, 1.165) is 22.0 Å². The van der Waals surface area contributed by atoms with E-state index in [9.17, 15) is 13.6 Å². The van der Waals surface area contributed by atoms with Gasteiger partial charge >= 0.3 is 0 Å². The zero-order chi connectivity index (χ0) is 27.1. The molecule has 10 heteroatoms. The highest BCUT2D eigenvalue weighted by Crippen LogP contribution is 2.34. The van der Waals surface area contributed by atoms with Crippen LogP contribution in [0.3, 0.4) is 0 Å². The molecule has 0 aliphatic heterocycles. The minimum Gasteiger partial charge on any atom is -0.335 e. The Morgan fingerprint density at radius 2 is 1.74 bits per heavy atom. The average molecular weight is 524 g/mol. The van der Waals surface area contributed by atoms with Crippen LogP contribution in [0.1, 0.15) is 20.3 Å². The van der Waals surface area contributed by atoms with Crippen LogP contribution >= 0.6 is 0 Å². The SMILES string of the molecule is CC(C)CC(=O)Nc1cncc(-c2ccc3[nH]nc(-c4nc5c(-c6c(F)cccc6F)cncc5[nH]4)c3c2)c1. The molecule has 0 unspecified atom stereocenters. The lowest BCUT2D eigenvalue weighted by Gasteiger charge is -2.09. The Morgan fingerprint density at radius 1 is 0.949 bits per heavy atom. The molecule has 6 aromatic rings. The van der Waals surface area contributed by atoms with Crippen molar-refractivity contribution < 1.29 is 13.6 Å². The van der Waals surface area contributed by atoms with E-state index in [-0.39, 0.29) is 23.0 Å². The molecule has 0 aliphatic carbocycles. The van der Waals surface area contributed by atoms with Gasteiger partial charge < -0.3 is 10.3 Å². The number of amides is 1. The van der Waals surface area contributed by atoms with Crippen molar-refractivity contribution in [1.29, 1.82) is 0 Å². The number of fused-ring (bicyclic) bond motifs is 2. The van der Waals surface area contributed by atoms with Crippen LogP contribution in [-0.4, -0.2) is 36.0 Å². The molecule has 6 rings (SSSR count). The molecule has 4 aromatic heterocycles. The van der Waals surface area contributed by atoms with Gasteiger partial charge in [-0.3, -0.25) is 19.9 Å². The van der Waals surface area contributed by atoms with Gasteiger partial charge in [-0.05, 0) is 41.8 Å². The standard InChI is InChI=1S/C29H23F2N7O/c1-15(2)8-25(39)34-18-9-17(11-32-12-18)16-6-7-23-19(10-16)28(38-37-23)29-35-24-14-33-13-20(27(24)36-29)26-21(30)4-3-5-22(26)31/h3-7,9-15H,8H2,1-2H3,(H,34,39)(H,35,36)(H,37,38). The zero-order valence-corrected chi connectivity index (χ0v) is 21.1. The number of imidazole rings is 1. The van der Waals surface area contributed by atoms with Crippen molar-refractivity contribution in [2.45, 2.75) is 20.3 Å². The third-order valence-electron chi connectivity index (χ3n) is 6.36. The first kappa shape index (κ1) is 24.4. The van der Waals surface area contributed by atoms with Crippen LogP contribution in [0.5, 0.6) is 0 Å². The molecule has 194 valence electrons. The Kier molecular flexibility index (Phi) is 6.07. The predicted octanol–water partition coefficient (Wildman–Crippen LogP) is 6.49.